The van der Waals surface area contributed by atoms with Crippen molar-refractivity contribution in [2.24, 2.45) is 0 Å². The highest BCUT2D eigenvalue weighted by molar-refractivity contribution is 6.30. The summed E-state index contributed by atoms with van der Waals surface area (Å²) in [6.07, 6.45) is -0.244. The van der Waals surface area contributed by atoms with E-state index in [1.54, 1.807) is 42.5 Å². The Bertz CT molecular complexity index is 1090. The fourth-order valence-corrected chi connectivity index (χ4v) is 4.30. The van der Waals surface area contributed by atoms with Crippen molar-refractivity contribution in [2.45, 2.75) is 43.9 Å². The Hall–Kier alpha value is -2.74. The van der Waals surface area contributed by atoms with Gasteiger partial charge in [0.2, 0.25) is 0 Å². The Balaban J connectivity index is 1.42. The molecule has 1 N–H and O–H groups in total. The molecule has 1 fully saturated rings. The lowest BCUT2D eigenvalue weighted by atomic mass is 9.90. The summed E-state index contributed by atoms with van der Waals surface area (Å²) < 4.78 is 40.7. The number of rotatable bonds is 4. The maximum atomic E-state index is 13.1. The molecule has 0 saturated heterocycles. The molecule has 4 rings (SSSR count). The number of amides is 1. The van der Waals surface area contributed by atoms with Crippen LogP contribution in [-0.4, -0.2) is 34.4 Å². The molecule has 1 aromatic carbocycles. The van der Waals surface area contributed by atoms with Gasteiger partial charge in [0.25, 0.3) is 5.91 Å². The van der Waals surface area contributed by atoms with Gasteiger partial charge in [0.15, 0.2) is 5.69 Å². The van der Waals surface area contributed by atoms with E-state index in [-0.39, 0.29) is 23.6 Å². The van der Waals surface area contributed by atoms with Gasteiger partial charge in [0.05, 0.1) is 0 Å². The van der Waals surface area contributed by atoms with Gasteiger partial charge in [0, 0.05) is 35.9 Å². The van der Waals surface area contributed by atoms with Crippen LogP contribution in [0.3, 0.4) is 0 Å². The summed E-state index contributed by atoms with van der Waals surface area (Å²) in [6.45, 7) is 0. The number of hydrogen-bond acceptors (Lipinski definition) is 3. The third-order valence-electron chi connectivity index (χ3n) is 5.79. The van der Waals surface area contributed by atoms with Crippen molar-refractivity contribution >= 4 is 29.0 Å². The van der Waals surface area contributed by atoms with Gasteiger partial charge in [-0.2, -0.15) is 13.2 Å². The van der Waals surface area contributed by atoms with E-state index in [4.69, 9.17) is 11.6 Å². The molecule has 0 bridgehead atoms. The SMILES string of the molecule is CN(c1cccc2nc(C(F)(F)F)cn12)[C@H]1CC[C@@H](NC(=O)c2cccc(Cl)c2)CC1. The van der Waals surface area contributed by atoms with E-state index in [0.717, 1.165) is 31.9 Å². The zero-order chi connectivity index (χ0) is 22.2. The Morgan fingerprint density at radius 3 is 2.55 bits per heavy atom. The predicted octanol–water partition coefficient (Wildman–Crippen LogP) is 5.18. The molecule has 0 atom stereocenters. The van der Waals surface area contributed by atoms with Crippen LogP contribution in [-0.2, 0) is 6.18 Å². The maximum absolute atomic E-state index is 13.1. The Kier molecular flexibility index (Phi) is 5.83. The predicted molar refractivity (Wildman–Crippen MR) is 114 cm³/mol. The van der Waals surface area contributed by atoms with Crippen molar-refractivity contribution in [3.05, 3.63) is 64.9 Å². The Labute approximate surface area is 182 Å². The Morgan fingerprint density at radius 1 is 1.16 bits per heavy atom. The fraction of sp³-hybridized carbons (Fsp3) is 0.364. The summed E-state index contributed by atoms with van der Waals surface area (Å²) in [7, 11) is 1.89. The average Bonchev–Trinajstić information content (AvgIpc) is 3.19. The number of aromatic nitrogens is 2. The number of carbonyl (C=O) groups excluding carboxylic acids is 1. The normalized spacial score (nSPS) is 19.4. The lowest BCUT2D eigenvalue weighted by Crippen LogP contribution is -2.43. The first-order chi connectivity index (χ1) is 14.7. The highest BCUT2D eigenvalue weighted by atomic mass is 35.5. The topological polar surface area (TPSA) is 49.6 Å². The number of fused-ring (bicyclic) bond motifs is 1. The third-order valence-corrected chi connectivity index (χ3v) is 6.02. The second kappa shape index (κ2) is 8.42. The number of anilines is 1. The number of halogens is 4. The van der Waals surface area contributed by atoms with E-state index in [1.165, 1.54) is 4.40 Å². The van der Waals surface area contributed by atoms with Crippen molar-refractivity contribution in [3.63, 3.8) is 0 Å². The molecular formula is C22H22ClF3N4O. The molecular weight excluding hydrogens is 429 g/mol. The molecule has 0 unspecified atom stereocenters. The molecule has 164 valence electrons. The summed E-state index contributed by atoms with van der Waals surface area (Å²) in [5.41, 5.74) is -0.112. The van der Waals surface area contributed by atoms with Gasteiger partial charge >= 0.3 is 6.18 Å². The molecule has 0 aliphatic heterocycles. The van der Waals surface area contributed by atoms with Crippen LogP contribution in [0.15, 0.2) is 48.7 Å². The fourth-order valence-electron chi connectivity index (χ4n) is 4.11. The van der Waals surface area contributed by atoms with Crippen LogP contribution in [0.1, 0.15) is 41.7 Å². The minimum absolute atomic E-state index is 0.0528. The summed E-state index contributed by atoms with van der Waals surface area (Å²) in [5, 5.41) is 3.57. The van der Waals surface area contributed by atoms with E-state index in [0.29, 0.717) is 16.4 Å². The van der Waals surface area contributed by atoms with Crippen molar-refractivity contribution < 1.29 is 18.0 Å². The van der Waals surface area contributed by atoms with Gasteiger partial charge in [-0.05, 0) is 56.0 Å². The van der Waals surface area contributed by atoms with Gasteiger partial charge in [-0.25, -0.2) is 4.98 Å². The molecule has 3 aromatic rings. The highest BCUT2D eigenvalue weighted by Gasteiger charge is 2.34. The first-order valence-corrected chi connectivity index (χ1v) is 10.4. The van der Waals surface area contributed by atoms with Gasteiger partial charge in [0.1, 0.15) is 11.5 Å². The van der Waals surface area contributed by atoms with Gasteiger partial charge in [-0.3, -0.25) is 9.20 Å². The second-order valence-electron chi connectivity index (χ2n) is 7.84. The van der Waals surface area contributed by atoms with E-state index in [9.17, 15) is 18.0 Å². The lowest BCUT2D eigenvalue weighted by molar-refractivity contribution is -0.140. The zero-order valence-electron chi connectivity index (χ0n) is 16.9. The molecule has 1 aliphatic carbocycles. The highest BCUT2D eigenvalue weighted by Crippen LogP contribution is 2.31. The van der Waals surface area contributed by atoms with E-state index >= 15 is 0 Å². The van der Waals surface area contributed by atoms with Crippen LogP contribution in [0.5, 0.6) is 0 Å². The van der Waals surface area contributed by atoms with Crippen molar-refractivity contribution in [1.82, 2.24) is 14.7 Å². The first kappa shape index (κ1) is 21.5. The molecule has 1 amide bonds. The molecule has 2 aromatic heterocycles. The molecule has 0 spiro atoms. The zero-order valence-corrected chi connectivity index (χ0v) is 17.6. The second-order valence-corrected chi connectivity index (χ2v) is 8.27. The molecule has 9 heteroatoms. The summed E-state index contributed by atoms with van der Waals surface area (Å²) in [6, 6.07) is 12.1. The standard InChI is InChI=1S/C22H22ClF3N4O/c1-29(20-7-3-6-19-28-18(13-30(19)20)22(24,25)26)17-10-8-16(9-11-17)27-21(31)14-4-2-5-15(23)12-14/h2-7,12-13,16-17H,8-11H2,1H3,(H,27,31)/t16-,17+. The molecule has 5 nitrogen and oxygen atoms in total. The van der Waals surface area contributed by atoms with Crippen LogP contribution in [0.25, 0.3) is 5.65 Å². The van der Waals surface area contributed by atoms with Crippen LogP contribution >= 0.6 is 11.6 Å². The van der Waals surface area contributed by atoms with E-state index in [2.05, 4.69) is 10.3 Å². The lowest BCUT2D eigenvalue weighted by Gasteiger charge is -2.36. The minimum Gasteiger partial charge on any atom is -0.358 e. The third kappa shape index (κ3) is 4.63. The maximum Gasteiger partial charge on any atom is 0.434 e. The van der Waals surface area contributed by atoms with E-state index < -0.39 is 11.9 Å². The number of nitrogens with zero attached hydrogens (tertiary/aromatic N) is 3. The molecule has 1 aliphatic rings. The number of alkyl halides is 3. The Morgan fingerprint density at radius 2 is 1.87 bits per heavy atom. The van der Waals surface area contributed by atoms with Crippen LogP contribution in [0.2, 0.25) is 5.02 Å². The van der Waals surface area contributed by atoms with E-state index in [1.807, 2.05) is 11.9 Å². The number of benzene rings is 1. The number of imidazole rings is 1. The van der Waals surface area contributed by atoms with Gasteiger partial charge in [-0.1, -0.05) is 23.7 Å². The largest absolute Gasteiger partial charge is 0.434 e. The molecule has 0 radical (unpaired) electrons. The monoisotopic (exact) mass is 450 g/mol. The number of pyridine rings is 1. The average molecular weight is 451 g/mol. The number of nitrogens with one attached hydrogen (secondary N) is 1. The van der Waals surface area contributed by atoms with Crippen molar-refractivity contribution in [3.8, 4) is 0 Å². The molecule has 2 heterocycles. The van der Waals surface area contributed by atoms with Crippen molar-refractivity contribution in [2.75, 3.05) is 11.9 Å². The number of hydrogen-bond donors (Lipinski definition) is 1. The smallest absolute Gasteiger partial charge is 0.358 e. The van der Waals surface area contributed by atoms with Gasteiger partial charge in [-0.15, -0.1) is 0 Å². The molecule has 1 saturated carbocycles. The van der Waals surface area contributed by atoms with Crippen LogP contribution < -0.4 is 10.2 Å². The van der Waals surface area contributed by atoms with Crippen LogP contribution in [0.4, 0.5) is 19.0 Å². The molecule has 31 heavy (non-hydrogen) atoms. The summed E-state index contributed by atoms with van der Waals surface area (Å²) in [5.74, 6) is 0.508. The minimum atomic E-state index is -4.49. The quantitative estimate of drug-likeness (QED) is 0.595. The van der Waals surface area contributed by atoms with Crippen molar-refractivity contribution in [1.29, 1.82) is 0 Å². The summed E-state index contributed by atoms with van der Waals surface area (Å²) >= 11 is 5.96. The van der Waals surface area contributed by atoms with Crippen LogP contribution in [0, 0.1) is 0 Å². The summed E-state index contributed by atoms with van der Waals surface area (Å²) in [4.78, 5) is 18.2. The van der Waals surface area contributed by atoms with Gasteiger partial charge < -0.3 is 10.2 Å². The first-order valence-electron chi connectivity index (χ1n) is 10.1. The number of carbonyl (C=O) groups is 1.